The van der Waals surface area contributed by atoms with Gasteiger partial charge in [-0.25, -0.2) is 0 Å². The Bertz CT molecular complexity index is 4540. The lowest BCUT2D eigenvalue weighted by Gasteiger charge is -2.26. The van der Waals surface area contributed by atoms with Crippen molar-refractivity contribution in [3.8, 4) is 22.3 Å². The quantitative estimate of drug-likeness (QED) is 0.163. The third kappa shape index (κ3) is 6.10. The van der Waals surface area contributed by atoms with Crippen molar-refractivity contribution in [1.82, 2.24) is 8.80 Å². The van der Waals surface area contributed by atoms with E-state index in [2.05, 4.69) is 237 Å². The maximum atomic E-state index is 2.63. The van der Waals surface area contributed by atoms with E-state index in [9.17, 15) is 0 Å². The van der Waals surface area contributed by atoms with Crippen molar-refractivity contribution in [1.29, 1.82) is 0 Å². The maximum Gasteiger partial charge on any atom is 0.0627 e. The van der Waals surface area contributed by atoms with Gasteiger partial charge in [0.2, 0.25) is 0 Å². The fourth-order valence-corrected chi connectivity index (χ4v) is 15.1. The lowest BCUT2D eigenvalue weighted by Crippen LogP contribution is -2.16. The van der Waals surface area contributed by atoms with Gasteiger partial charge in [-0.15, -0.1) is 22.7 Å². The highest BCUT2D eigenvalue weighted by atomic mass is 32.1. The van der Waals surface area contributed by atoms with Gasteiger partial charge in [-0.2, -0.15) is 0 Å². The molecule has 2 nitrogen and oxygen atoms in total. The van der Waals surface area contributed by atoms with Gasteiger partial charge in [-0.05, 0) is 127 Å². The third-order valence-electron chi connectivity index (χ3n) is 16.9. The molecule has 0 aliphatic rings. The number of thiophene rings is 2. The summed E-state index contributed by atoms with van der Waals surface area (Å²) in [6.07, 6.45) is 0. The summed E-state index contributed by atoms with van der Waals surface area (Å²) in [5.74, 6) is 0. The number of benzene rings is 9. The van der Waals surface area contributed by atoms with Crippen LogP contribution in [0.5, 0.6) is 0 Å². The van der Waals surface area contributed by atoms with E-state index in [0.29, 0.717) is 0 Å². The molecule has 6 heterocycles. The monoisotopic (exact) mass is 992 g/mol. The molecule has 15 rings (SSSR count). The second-order valence-electron chi connectivity index (χ2n) is 25.9. The molecule has 0 aliphatic heterocycles. The number of aromatic nitrogens is 2. The molecular formula is C70H60N2S2. The molecule has 0 amide bonds. The van der Waals surface area contributed by atoms with Gasteiger partial charge >= 0.3 is 0 Å². The van der Waals surface area contributed by atoms with E-state index in [0.717, 1.165) is 0 Å². The smallest absolute Gasteiger partial charge is 0.0627 e. The summed E-state index contributed by atoms with van der Waals surface area (Å²) in [5, 5.41) is 16.1. The molecule has 0 atom stereocenters. The van der Waals surface area contributed by atoms with Crippen molar-refractivity contribution in [2.75, 3.05) is 0 Å². The van der Waals surface area contributed by atoms with Crippen LogP contribution in [0.4, 0.5) is 0 Å². The molecule has 15 aromatic rings. The van der Waals surface area contributed by atoms with E-state index < -0.39 is 0 Å². The molecule has 6 aromatic heterocycles. The molecule has 4 heteroatoms. The minimum atomic E-state index is 0.0237. The average molecular weight is 993 g/mol. The molecule has 0 bridgehead atoms. The van der Waals surface area contributed by atoms with Crippen molar-refractivity contribution >= 4 is 139 Å². The Balaban J connectivity index is 1.06. The number of fused-ring (bicyclic) bond motifs is 20. The molecule has 0 saturated carbocycles. The molecule has 0 aliphatic carbocycles. The van der Waals surface area contributed by atoms with Crippen molar-refractivity contribution in [2.24, 2.45) is 0 Å². The normalized spacial score (nSPS) is 13.7. The van der Waals surface area contributed by atoms with Gasteiger partial charge < -0.3 is 8.80 Å². The van der Waals surface area contributed by atoms with Crippen LogP contribution in [0.2, 0.25) is 0 Å². The lowest BCUT2D eigenvalue weighted by molar-refractivity contribution is 0.568. The number of rotatable bonds is 2. The SMILES string of the molecule is CC(C)(C)c1cc(-c2ccc3c(c2)c2c4c(cc5c6cc7c(cc6n3c52)c2cc3sc5ccccc5c3c3c5cc(-c6cc(C(C)(C)C)cc(C(C)(C)C)c6)ccc5n7c23)sc2ccccc24)cc(C(C)(C)C)c1. The van der Waals surface area contributed by atoms with Crippen molar-refractivity contribution in [2.45, 2.75) is 105 Å². The predicted molar refractivity (Wildman–Crippen MR) is 327 cm³/mol. The van der Waals surface area contributed by atoms with Gasteiger partial charge in [0.1, 0.15) is 0 Å². The Hall–Kier alpha value is -6.98. The van der Waals surface area contributed by atoms with Crippen LogP contribution in [0, 0.1) is 0 Å². The van der Waals surface area contributed by atoms with Crippen LogP contribution in [0.1, 0.15) is 105 Å². The minimum Gasteiger partial charge on any atom is -0.308 e. The van der Waals surface area contributed by atoms with E-state index in [1.165, 1.54) is 161 Å². The first kappa shape index (κ1) is 44.5. The van der Waals surface area contributed by atoms with Gasteiger partial charge in [0, 0.05) is 83.4 Å². The molecular weight excluding hydrogens is 933 g/mol. The summed E-state index contributed by atoms with van der Waals surface area (Å²) >= 11 is 3.87. The van der Waals surface area contributed by atoms with Crippen LogP contribution in [0.25, 0.3) is 139 Å². The van der Waals surface area contributed by atoms with Gasteiger partial charge in [-0.3, -0.25) is 0 Å². The van der Waals surface area contributed by atoms with Crippen LogP contribution in [0.3, 0.4) is 0 Å². The van der Waals surface area contributed by atoms with Gasteiger partial charge in [0.05, 0.1) is 33.1 Å². The standard InChI is InChI=1S/C70H60N2S2/c1-67(2,3)41-25-39(26-42(31-41)68(4,5)6)37-21-23-53-51(29-37)63-61-45-17-13-15-19-57(45)73-59(61)35-49-47-34-56-48(33-55(47)71(53)65(49)63)50-36-60-62(46-18-14-16-20-58(46)74-60)64-52-30-38(22-24-54(52)72(56)66(50)64)40-27-43(69(7,8)9)32-44(28-40)70(10,11)12/h13-36H,1-12H3. The molecule has 0 spiro atoms. The molecule has 9 aromatic carbocycles. The van der Waals surface area contributed by atoms with Crippen LogP contribution >= 0.6 is 22.7 Å². The molecule has 0 unspecified atom stereocenters. The Morgan fingerprint density at radius 1 is 0.270 bits per heavy atom. The van der Waals surface area contributed by atoms with E-state index >= 15 is 0 Å². The van der Waals surface area contributed by atoms with E-state index in [-0.39, 0.29) is 21.7 Å². The highest BCUT2D eigenvalue weighted by Crippen LogP contribution is 2.53. The topological polar surface area (TPSA) is 8.82 Å². The Kier molecular flexibility index (Phi) is 8.68. The first-order valence-corrected chi connectivity index (χ1v) is 28.2. The summed E-state index contributed by atoms with van der Waals surface area (Å²) in [6, 6.07) is 57.6. The second kappa shape index (κ2) is 14.4. The van der Waals surface area contributed by atoms with Gasteiger partial charge in [0.25, 0.3) is 0 Å². The largest absolute Gasteiger partial charge is 0.308 e. The predicted octanol–water partition coefficient (Wildman–Crippen LogP) is 21.2. The minimum absolute atomic E-state index is 0.0237. The zero-order chi connectivity index (χ0) is 50.9. The van der Waals surface area contributed by atoms with Crippen molar-refractivity contribution < 1.29 is 0 Å². The summed E-state index contributed by atoms with van der Waals surface area (Å²) in [4.78, 5) is 0. The molecule has 362 valence electrons. The zero-order valence-electron chi connectivity index (χ0n) is 44.6. The van der Waals surface area contributed by atoms with E-state index in [1.807, 2.05) is 22.7 Å². The molecule has 0 radical (unpaired) electrons. The molecule has 0 fully saturated rings. The van der Waals surface area contributed by atoms with Crippen LogP contribution in [0.15, 0.2) is 146 Å². The number of nitrogens with zero attached hydrogens (tertiary/aromatic N) is 2. The second-order valence-corrected chi connectivity index (χ2v) is 28.0. The first-order valence-electron chi connectivity index (χ1n) is 26.6. The van der Waals surface area contributed by atoms with Gasteiger partial charge in [0.15, 0.2) is 0 Å². The first-order chi connectivity index (χ1) is 35.2. The lowest BCUT2D eigenvalue weighted by atomic mass is 9.79. The Morgan fingerprint density at radius 3 is 1.00 bits per heavy atom. The van der Waals surface area contributed by atoms with Crippen molar-refractivity contribution in [3.63, 3.8) is 0 Å². The highest BCUT2D eigenvalue weighted by Gasteiger charge is 2.29. The Morgan fingerprint density at radius 2 is 0.635 bits per heavy atom. The summed E-state index contributed by atoms with van der Waals surface area (Å²) in [5.41, 5.74) is 18.4. The Labute approximate surface area is 440 Å². The summed E-state index contributed by atoms with van der Waals surface area (Å²) in [7, 11) is 0. The maximum absolute atomic E-state index is 2.63. The molecule has 0 N–H and O–H groups in total. The third-order valence-corrected chi connectivity index (χ3v) is 19.1. The fourth-order valence-electron chi connectivity index (χ4n) is 12.8. The summed E-state index contributed by atoms with van der Waals surface area (Å²) in [6.45, 7) is 28.1. The molecule has 0 saturated heterocycles. The zero-order valence-corrected chi connectivity index (χ0v) is 46.2. The van der Waals surface area contributed by atoms with Crippen LogP contribution in [-0.4, -0.2) is 8.80 Å². The average Bonchev–Trinajstić information content (AvgIpc) is 4.32. The van der Waals surface area contributed by atoms with E-state index in [4.69, 9.17) is 0 Å². The highest BCUT2D eigenvalue weighted by molar-refractivity contribution is 7.26. The van der Waals surface area contributed by atoms with Crippen molar-refractivity contribution in [3.05, 3.63) is 168 Å². The number of hydrogen-bond donors (Lipinski definition) is 0. The van der Waals surface area contributed by atoms with Crippen LogP contribution < -0.4 is 0 Å². The van der Waals surface area contributed by atoms with E-state index in [1.54, 1.807) is 0 Å². The number of hydrogen-bond acceptors (Lipinski definition) is 2. The van der Waals surface area contributed by atoms with Gasteiger partial charge in [-0.1, -0.05) is 168 Å². The fraction of sp³-hybridized carbons (Fsp3) is 0.229. The van der Waals surface area contributed by atoms with Crippen LogP contribution in [-0.2, 0) is 21.7 Å². The molecule has 74 heavy (non-hydrogen) atoms. The summed E-state index contributed by atoms with van der Waals surface area (Å²) < 4.78 is 10.6.